The molecule has 0 bridgehead atoms. The number of benzene rings is 2. The van der Waals surface area contributed by atoms with Crippen molar-refractivity contribution in [2.24, 2.45) is 0 Å². The minimum absolute atomic E-state index is 0.0778. The van der Waals surface area contributed by atoms with Crippen LogP contribution in [-0.4, -0.2) is 15.1 Å². The summed E-state index contributed by atoms with van der Waals surface area (Å²) in [5.74, 6) is -2.57. The van der Waals surface area contributed by atoms with E-state index >= 15 is 0 Å². The monoisotopic (exact) mass is 249 g/mol. The van der Waals surface area contributed by atoms with Crippen molar-refractivity contribution in [2.75, 3.05) is 0 Å². The number of aromatic hydroxyl groups is 2. The van der Waals surface area contributed by atoms with E-state index in [1.165, 1.54) is 30.3 Å². The fraction of sp³-hybridized carbons (Fsp3) is 0. The van der Waals surface area contributed by atoms with Gasteiger partial charge in [0, 0.05) is 17.7 Å². The van der Waals surface area contributed by atoms with Gasteiger partial charge in [-0.3, -0.25) is 10.1 Å². The Kier molecular flexibility index (Phi) is 2.85. The molecule has 2 aromatic rings. The van der Waals surface area contributed by atoms with Crippen molar-refractivity contribution in [3.63, 3.8) is 0 Å². The minimum atomic E-state index is -1.15. The number of hydrogen-bond donors (Lipinski definition) is 2. The Balaban J connectivity index is 2.59. The second-order valence-corrected chi connectivity index (χ2v) is 3.60. The lowest BCUT2D eigenvalue weighted by molar-refractivity contribution is -0.384. The van der Waals surface area contributed by atoms with Crippen LogP contribution in [0, 0.1) is 15.9 Å². The van der Waals surface area contributed by atoms with E-state index in [4.69, 9.17) is 5.11 Å². The second-order valence-electron chi connectivity index (χ2n) is 3.60. The van der Waals surface area contributed by atoms with Crippen LogP contribution in [0.15, 0.2) is 36.4 Å². The molecule has 0 aliphatic heterocycles. The Bertz CT molecular complexity index is 627. The van der Waals surface area contributed by atoms with E-state index in [0.717, 1.165) is 6.07 Å². The first kappa shape index (κ1) is 11.8. The Morgan fingerprint density at radius 3 is 2.56 bits per heavy atom. The van der Waals surface area contributed by atoms with Crippen LogP contribution in [0.1, 0.15) is 0 Å². The van der Waals surface area contributed by atoms with Gasteiger partial charge in [0.2, 0.25) is 5.82 Å². The first-order chi connectivity index (χ1) is 8.50. The molecule has 6 heteroatoms. The molecule has 0 aliphatic carbocycles. The highest BCUT2D eigenvalue weighted by molar-refractivity contribution is 5.73. The largest absolute Gasteiger partial charge is 0.505 e. The zero-order valence-electron chi connectivity index (χ0n) is 9.00. The Hall–Kier alpha value is -2.63. The molecule has 0 heterocycles. The van der Waals surface area contributed by atoms with E-state index in [0.29, 0.717) is 5.56 Å². The van der Waals surface area contributed by atoms with Gasteiger partial charge in [0.25, 0.3) is 5.69 Å². The summed E-state index contributed by atoms with van der Waals surface area (Å²) in [6.45, 7) is 0. The number of phenolic OH excluding ortho intramolecular Hbond substituents is 2. The van der Waals surface area contributed by atoms with Crippen LogP contribution in [0.25, 0.3) is 11.1 Å². The van der Waals surface area contributed by atoms with Gasteiger partial charge in [-0.05, 0) is 17.7 Å². The van der Waals surface area contributed by atoms with Gasteiger partial charge in [-0.1, -0.05) is 12.1 Å². The van der Waals surface area contributed by atoms with Crippen LogP contribution in [0.3, 0.4) is 0 Å². The number of rotatable bonds is 2. The molecule has 0 aliphatic rings. The summed E-state index contributed by atoms with van der Waals surface area (Å²) in [6, 6.07) is 7.79. The van der Waals surface area contributed by atoms with E-state index in [-0.39, 0.29) is 11.3 Å². The van der Waals surface area contributed by atoms with Crippen molar-refractivity contribution >= 4 is 5.69 Å². The van der Waals surface area contributed by atoms with E-state index in [9.17, 15) is 19.6 Å². The zero-order chi connectivity index (χ0) is 13.3. The third kappa shape index (κ3) is 1.95. The van der Waals surface area contributed by atoms with Crippen LogP contribution in [0.4, 0.5) is 10.1 Å². The normalized spacial score (nSPS) is 10.3. The molecule has 0 atom stereocenters. The van der Waals surface area contributed by atoms with Crippen molar-refractivity contribution in [1.82, 2.24) is 0 Å². The molecule has 5 nitrogen and oxygen atoms in total. The van der Waals surface area contributed by atoms with Crippen molar-refractivity contribution < 1.29 is 19.5 Å². The second kappa shape index (κ2) is 4.33. The Morgan fingerprint density at radius 2 is 1.89 bits per heavy atom. The SMILES string of the molecule is O=[N+]([O-])c1cccc(-c2ccc(O)c(F)c2O)c1. The number of non-ortho nitro benzene ring substituents is 1. The van der Waals surface area contributed by atoms with Crippen molar-refractivity contribution in [3.8, 4) is 22.6 Å². The summed E-state index contributed by atoms with van der Waals surface area (Å²) >= 11 is 0. The molecule has 0 saturated heterocycles. The minimum Gasteiger partial charge on any atom is -0.505 e. The van der Waals surface area contributed by atoms with Gasteiger partial charge in [-0.15, -0.1) is 0 Å². The number of nitro groups is 1. The molecular weight excluding hydrogens is 241 g/mol. The van der Waals surface area contributed by atoms with Crippen LogP contribution in [0.5, 0.6) is 11.5 Å². The zero-order valence-corrected chi connectivity index (χ0v) is 9.00. The molecule has 0 aromatic heterocycles. The smallest absolute Gasteiger partial charge is 0.270 e. The van der Waals surface area contributed by atoms with Crippen molar-refractivity contribution in [2.45, 2.75) is 0 Å². The van der Waals surface area contributed by atoms with Gasteiger partial charge < -0.3 is 10.2 Å². The third-order valence-electron chi connectivity index (χ3n) is 2.46. The highest BCUT2D eigenvalue weighted by atomic mass is 19.1. The molecule has 0 spiro atoms. The maximum absolute atomic E-state index is 13.3. The van der Waals surface area contributed by atoms with E-state index in [2.05, 4.69) is 0 Å². The molecule has 92 valence electrons. The number of nitrogens with zero attached hydrogens (tertiary/aromatic N) is 1. The Morgan fingerprint density at radius 1 is 1.17 bits per heavy atom. The third-order valence-corrected chi connectivity index (χ3v) is 2.46. The predicted octanol–water partition coefficient (Wildman–Crippen LogP) is 2.81. The van der Waals surface area contributed by atoms with Crippen molar-refractivity contribution in [1.29, 1.82) is 0 Å². The molecule has 2 rings (SSSR count). The molecule has 0 radical (unpaired) electrons. The fourth-order valence-corrected chi connectivity index (χ4v) is 1.57. The molecule has 0 fully saturated rings. The average Bonchev–Trinajstić information content (AvgIpc) is 2.36. The van der Waals surface area contributed by atoms with Gasteiger partial charge in [-0.25, -0.2) is 0 Å². The molecule has 2 aromatic carbocycles. The summed E-state index contributed by atoms with van der Waals surface area (Å²) in [4.78, 5) is 10.0. The highest BCUT2D eigenvalue weighted by Gasteiger charge is 2.15. The topological polar surface area (TPSA) is 83.6 Å². The van der Waals surface area contributed by atoms with Gasteiger partial charge in [0.15, 0.2) is 11.5 Å². The van der Waals surface area contributed by atoms with E-state index < -0.39 is 22.2 Å². The van der Waals surface area contributed by atoms with Crippen LogP contribution in [-0.2, 0) is 0 Å². The lowest BCUT2D eigenvalue weighted by Gasteiger charge is -2.06. The molecule has 0 unspecified atom stereocenters. The van der Waals surface area contributed by atoms with Crippen LogP contribution < -0.4 is 0 Å². The number of nitro benzene ring substituents is 1. The lowest BCUT2D eigenvalue weighted by atomic mass is 10.0. The quantitative estimate of drug-likeness (QED) is 0.633. The first-order valence-corrected chi connectivity index (χ1v) is 4.96. The van der Waals surface area contributed by atoms with Crippen LogP contribution >= 0.6 is 0 Å². The lowest BCUT2D eigenvalue weighted by Crippen LogP contribution is -1.89. The average molecular weight is 249 g/mol. The van der Waals surface area contributed by atoms with Gasteiger partial charge in [0.05, 0.1) is 4.92 Å². The molecule has 0 amide bonds. The molecule has 18 heavy (non-hydrogen) atoms. The van der Waals surface area contributed by atoms with Gasteiger partial charge in [0.1, 0.15) is 0 Å². The summed E-state index contributed by atoms with van der Waals surface area (Å²) in [6.07, 6.45) is 0. The standard InChI is InChI=1S/C12H8FNO4/c13-11-10(15)5-4-9(12(11)16)7-2-1-3-8(6-7)14(17)18/h1-6,15-16H. The molecule has 0 saturated carbocycles. The van der Waals surface area contributed by atoms with Crippen molar-refractivity contribution in [3.05, 3.63) is 52.3 Å². The highest BCUT2D eigenvalue weighted by Crippen LogP contribution is 2.36. The number of phenols is 2. The van der Waals surface area contributed by atoms with Gasteiger partial charge in [-0.2, -0.15) is 4.39 Å². The van der Waals surface area contributed by atoms with Crippen LogP contribution in [0.2, 0.25) is 0 Å². The fourth-order valence-electron chi connectivity index (χ4n) is 1.57. The predicted molar refractivity (Wildman–Crippen MR) is 61.8 cm³/mol. The maximum atomic E-state index is 13.3. The Labute approximate surface area is 101 Å². The maximum Gasteiger partial charge on any atom is 0.270 e. The van der Waals surface area contributed by atoms with E-state index in [1.807, 2.05) is 0 Å². The summed E-state index contributed by atoms with van der Waals surface area (Å²) in [5, 5.41) is 29.2. The summed E-state index contributed by atoms with van der Waals surface area (Å²) in [7, 11) is 0. The van der Waals surface area contributed by atoms with Gasteiger partial charge >= 0.3 is 0 Å². The molecular formula is C12H8FNO4. The number of hydrogen-bond acceptors (Lipinski definition) is 4. The summed E-state index contributed by atoms with van der Waals surface area (Å²) in [5.41, 5.74) is 0.204. The molecule has 2 N–H and O–H groups in total. The number of halogens is 1. The van der Waals surface area contributed by atoms with E-state index in [1.54, 1.807) is 0 Å². The summed E-state index contributed by atoms with van der Waals surface area (Å²) < 4.78 is 13.3. The first-order valence-electron chi connectivity index (χ1n) is 4.96.